The third-order valence-corrected chi connectivity index (χ3v) is 4.42. The fourth-order valence-electron chi connectivity index (χ4n) is 1.89. The quantitative estimate of drug-likeness (QED) is 0.850. The van der Waals surface area contributed by atoms with E-state index in [1.54, 1.807) is 11.3 Å². The van der Waals surface area contributed by atoms with Gasteiger partial charge in [0, 0.05) is 27.3 Å². The first kappa shape index (κ1) is 15.9. The highest BCUT2D eigenvalue weighted by atomic mass is 35.5. The number of aliphatic hydroxyl groups is 1. The van der Waals surface area contributed by atoms with Crippen LogP contribution in [0.3, 0.4) is 0 Å². The minimum Gasteiger partial charge on any atom is -0.488 e. The van der Waals surface area contributed by atoms with E-state index in [2.05, 4.69) is 11.8 Å². The number of rotatable bonds is 4. The number of benzene rings is 1. The zero-order valence-electron chi connectivity index (χ0n) is 12.1. The van der Waals surface area contributed by atoms with Crippen LogP contribution in [0.2, 0.25) is 5.02 Å². The van der Waals surface area contributed by atoms with Crippen molar-refractivity contribution in [3.8, 4) is 17.6 Å². The molecule has 4 heteroatoms. The Morgan fingerprint density at radius 1 is 1.24 bits per heavy atom. The standard InChI is InChI=1S/C17H17ClO2S/c1-12-7-15(8-13(2)17(12)18)20-10-16-9-14(11-21-16)5-3-4-6-19/h7-9,11,19H,4,6,10H2,1-2H3. The normalized spacial score (nSPS) is 10.1. The predicted octanol–water partition coefficient (Wildman–Crippen LogP) is 4.33. The molecule has 21 heavy (non-hydrogen) atoms. The molecule has 0 amide bonds. The molecule has 1 N–H and O–H groups in total. The molecule has 0 atom stereocenters. The summed E-state index contributed by atoms with van der Waals surface area (Å²) >= 11 is 7.77. The molecule has 2 nitrogen and oxygen atoms in total. The van der Waals surface area contributed by atoms with Crippen LogP contribution in [0.25, 0.3) is 0 Å². The highest BCUT2D eigenvalue weighted by molar-refractivity contribution is 7.10. The van der Waals surface area contributed by atoms with Gasteiger partial charge in [0.1, 0.15) is 12.4 Å². The minimum atomic E-state index is 0.0996. The van der Waals surface area contributed by atoms with E-state index >= 15 is 0 Å². The Morgan fingerprint density at radius 2 is 1.95 bits per heavy atom. The summed E-state index contributed by atoms with van der Waals surface area (Å²) in [5.41, 5.74) is 3.01. The Bertz CT molecular complexity index is 657. The van der Waals surface area contributed by atoms with Crippen LogP contribution < -0.4 is 4.74 Å². The maximum absolute atomic E-state index is 8.69. The third-order valence-electron chi connectivity index (χ3n) is 2.91. The van der Waals surface area contributed by atoms with Gasteiger partial charge in [-0.15, -0.1) is 11.3 Å². The van der Waals surface area contributed by atoms with Crippen LogP contribution in [0, 0.1) is 25.7 Å². The lowest BCUT2D eigenvalue weighted by Crippen LogP contribution is -1.94. The largest absolute Gasteiger partial charge is 0.488 e. The number of hydrogen-bond acceptors (Lipinski definition) is 3. The predicted molar refractivity (Wildman–Crippen MR) is 88.2 cm³/mol. The number of aryl methyl sites for hydroxylation is 2. The third kappa shape index (κ3) is 4.50. The van der Waals surface area contributed by atoms with Crippen LogP contribution in [0.4, 0.5) is 0 Å². The minimum absolute atomic E-state index is 0.0996. The average Bonchev–Trinajstić information content (AvgIpc) is 2.90. The second kappa shape index (κ2) is 7.51. The zero-order valence-corrected chi connectivity index (χ0v) is 13.6. The Morgan fingerprint density at radius 3 is 2.62 bits per heavy atom. The van der Waals surface area contributed by atoms with E-state index in [9.17, 15) is 0 Å². The molecule has 0 radical (unpaired) electrons. The summed E-state index contributed by atoms with van der Waals surface area (Å²) in [4.78, 5) is 1.12. The summed E-state index contributed by atoms with van der Waals surface area (Å²) in [6, 6.07) is 5.92. The molecule has 1 heterocycles. The van der Waals surface area contributed by atoms with Crippen LogP contribution in [-0.2, 0) is 6.61 Å². The maximum atomic E-state index is 8.69. The molecule has 110 valence electrons. The SMILES string of the molecule is Cc1cc(OCc2cc(C#CCCO)cs2)cc(C)c1Cl. The fourth-order valence-corrected chi connectivity index (χ4v) is 2.72. The van der Waals surface area contributed by atoms with Gasteiger partial charge < -0.3 is 9.84 Å². The van der Waals surface area contributed by atoms with E-state index in [1.807, 2.05) is 37.4 Å². The monoisotopic (exact) mass is 320 g/mol. The molecule has 1 aromatic carbocycles. The molecule has 0 unspecified atom stereocenters. The maximum Gasteiger partial charge on any atom is 0.122 e. The van der Waals surface area contributed by atoms with Crippen LogP contribution in [0.5, 0.6) is 5.75 Å². The molecular weight excluding hydrogens is 304 g/mol. The van der Waals surface area contributed by atoms with Gasteiger partial charge in [0.25, 0.3) is 0 Å². The summed E-state index contributed by atoms with van der Waals surface area (Å²) in [6.07, 6.45) is 0.505. The van der Waals surface area contributed by atoms with Crippen LogP contribution in [0.1, 0.15) is 28.0 Å². The lowest BCUT2D eigenvalue weighted by Gasteiger charge is -2.09. The van der Waals surface area contributed by atoms with Crippen molar-refractivity contribution < 1.29 is 9.84 Å². The first-order valence-corrected chi connectivity index (χ1v) is 7.92. The van der Waals surface area contributed by atoms with Gasteiger partial charge in [0.2, 0.25) is 0 Å². The van der Waals surface area contributed by atoms with Crippen molar-refractivity contribution in [3.63, 3.8) is 0 Å². The van der Waals surface area contributed by atoms with Gasteiger partial charge in [0.15, 0.2) is 0 Å². The van der Waals surface area contributed by atoms with E-state index in [0.29, 0.717) is 13.0 Å². The van der Waals surface area contributed by atoms with E-state index in [1.165, 1.54) is 0 Å². The van der Waals surface area contributed by atoms with E-state index < -0.39 is 0 Å². The van der Waals surface area contributed by atoms with Crippen molar-refractivity contribution in [2.45, 2.75) is 26.9 Å². The first-order valence-electron chi connectivity index (χ1n) is 6.67. The summed E-state index contributed by atoms with van der Waals surface area (Å²) in [6.45, 7) is 4.57. The molecule has 0 spiro atoms. The van der Waals surface area contributed by atoms with Gasteiger partial charge >= 0.3 is 0 Å². The lowest BCUT2D eigenvalue weighted by atomic mass is 10.1. The molecule has 0 bridgehead atoms. The Kier molecular flexibility index (Phi) is 5.69. The second-order valence-corrected chi connectivity index (χ2v) is 6.11. The molecule has 1 aromatic heterocycles. The molecule has 0 saturated carbocycles. The van der Waals surface area contributed by atoms with Crippen LogP contribution in [0.15, 0.2) is 23.6 Å². The van der Waals surface area contributed by atoms with E-state index in [0.717, 1.165) is 32.3 Å². The molecule has 0 saturated heterocycles. The molecule has 0 aliphatic heterocycles. The molecule has 2 aromatic rings. The molecule has 0 fully saturated rings. The summed E-state index contributed by atoms with van der Waals surface area (Å²) in [5, 5.41) is 11.5. The Balaban J connectivity index is 1.99. The van der Waals surface area contributed by atoms with Crippen molar-refractivity contribution in [2.75, 3.05) is 6.61 Å². The fraction of sp³-hybridized carbons (Fsp3) is 0.294. The topological polar surface area (TPSA) is 29.5 Å². The van der Waals surface area contributed by atoms with Crippen LogP contribution in [-0.4, -0.2) is 11.7 Å². The number of hydrogen-bond donors (Lipinski definition) is 1. The number of ether oxygens (including phenoxy) is 1. The Labute approximate surface area is 134 Å². The molecule has 0 aliphatic carbocycles. The Hall–Kier alpha value is -1.47. The van der Waals surface area contributed by atoms with Crippen molar-refractivity contribution in [1.29, 1.82) is 0 Å². The van der Waals surface area contributed by atoms with E-state index in [-0.39, 0.29) is 6.61 Å². The highest BCUT2D eigenvalue weighted by Gasteiger charge is 2.05. The van der Waals surface area contributed by atoms with Crippen molar-refractivity contribution >= 4 is 22.9 Å². The number of thiophene rings is 1. The summed E-state index contributed by atoms with van der Waals surface area (Å²) < 4.78 is 5.81. The first-order chi connectivity index (χ1) is 10.1. The van der Waals surface area contributed by atoms with Gasteiger partial charge in [-0.05, 0) is 43.2 Å². The lowest BCUT2D eigenvalue weighted by molar-refractivity contribution is 0.305. The highest BCUT2D eigenvalue weighted by Crippen LogP contribution is 2.27. The van der Waals surface area contributed by atoms with Crippen molar-refractivity contribution in [3.05, 3.63) is 50.2 Å². The van der Waals surface area contributed by atoms with Gasteiger partial charge in [-0.3, -0.25) is 0 Å². The summed E-state index contributed by atoms with van der Waals surface area (Å²) in [5.74, 6) is 6.76. The molecule has 0 aliphatic rings. The van der Waals surface area contributed by atoms with Crippen molar-refractivity contribution in [1.82, 2.24) is 0 Å². The van der Waals surface area contributed by atoms with Crippen LogP contribution >= 0.6 is 22.9 Å². The summed E-state index contributed by atoms with van der Waals surface area (Å²) in [7, 11) is 0. The number of halogens is 1. The molecular formula is C17H17ClO2S. The number of aliphatic hydroxyl groups excluding tert-OH is 1. The zero-order chi connectivity index (χ0) is 15.2. The second-order valence-electron chi connectivity index (χ2n) is 4.74. The average molecular weight is 321 g/mol. The smallest absolute Gasteiger partial charge is 0.122 e. The van der Waals surface area contributed by atoms with Gasteiger partial charge in [-0.25, -0.2) is 0 Å². The van der Waals surface area contributed by atoms with Gasteiger partial charge in [-0.2, -0.15) is 0 Å². The van der Waals surface area contributed by atoms with Gasteiger partial charge in [0.05, 0.1) is 6.61 Å². The van der Waals surface area contributed by atoms with Gasteiger partial charge in [-0.1, -0.05) is 23.4 Å². The van der Waals surface area contributed by atoms with E-state index in [4.69, 9.17) is 21.4 Å². The molecule has 2 rings (SSSR count). The van der Waals surface area contributed by atoms with Crippen molar-refractivity contribution in [2.24, 2.45) is 0 Å².